The van der Waals surface area contributed by atoms with Crippen molar-refractivity contribution >= 4 is 35.0 Å². The molecule has 4 nitrogen and oxygen atoms in total. The first-order chi connectivity index (χ1) is 11.6. The summed E-state index contributed by atoms with van der Waals surface area (Å²) in [4.78, 5) is 12.8. The van der Waals surface area contributed by atoms with Crippen LogP contribution in [0.25, 0.3) is 0 Å². The Morgan fingerprint density at radius 1 is 1.33 bits per heavy atom. The lowest BCUT2D eigenvalue weighted by Crippen LogP contribution is -2.26. The topological polar surface area (TPSA) is 50.7 Å². The quantitative estimate of drug-likeness (QED) is 0.838. The third kappa shape index (κ3) is 4.07. The normalized spacial score (nSPS) is 15.0. The number of carbonyl (C=O) groups excluding carboxylic acids is 1. The fraction of sp³-hybridized carbons (Fsp3) is 0.176. The summed E-state index contributed by atoms with van der Waals surface area (Å²) in [5.41, 5.74) is 3.83. The van der Waals surface area contributed by atoms with Gasteiger partial charge in [-0.3, -0.25) is 4.79 Å². The van der Waals surface area contributed by atoms with Crippen LogP contribution in [0.4, 0.5) is 4.39 Å². The van der Waals surface area contributed by atoms with Crippen molar-refractivity contribution in [1.29, 1.82) is 0 Å². The van der Waals surface area contributed by atoms with E-state index in [0.717, 1.165) is 16.2 Å². The number of nitrogens with zero attached hydrogens (tertiary/aromatic N) is 1. The highest BCUT2D eigenvalue weighted by Gasteiger charge is 2.17. The fourth-order valence-electron chi connectivity index (χ4n) is 2.23. The van der Waals surface area contributed by atoms with Crippen LogP contribution in [-0.2, 0) is 4.79 Å². The summed E-state index contributed by atoms with van der Waals surface area (Å²) in [6.45, 7) is -0.203. The Balaban J connectivity index is 1.63. The molecule has 0 unspecified atom stereocenters. The first-order valence-corrected chi connectivity index (χ1v) is 8.65. The van der Waals surface area contributed by atoms with Gasteiger partial charge in [-0.1, -0.05) is 23.7 Å². The van der Waals surface area contributed by atoms with Crippen LogP contribution < -0.4 is 10.2 Å². The first kappa shape index (κ1) is 16.8. The van der Waals surface area contributed by atoms with E-state index >= 15 is 0 Å². The summed E-state index contributed by atoms with van der Waals surface area (Å²) >= 11 is 7.60. The molecule has 2 aromatic rings. The molecule has 1 amide bonds. The van der Waals surface area contributed by atoms with E-state index in [1.165, 1.54) is 12.1 Å². The third-order valence-electron chi connectivity index (χ3n) is 3.36. The van der Waals surface area contributed by atoms with Crippen LogP contribution in [0.5, 0.6) is 5.75 Å². The van der Waals surface area contributed by atoms with Crippen LogP contribution in [0.2, 0.25) is 5.02 Å². The minimum absolute atomic E-state index is 0.203. The van der Waals surface area contributed by atoms with E-state index in [1.807, 2.05) is 0 Å². The maximum absolute atomic E-state index is 13.4. The summed E-state index contributed by atoms with van der Waals surface area (Å²) in [7, 11) is 0. The number of fused-ring (bicyclic) bond motifs is 1. The molecular weight excluding hydrogens is 351 g/mol. The van der Waals surface area contributed by atoms with Gasteiger partial charge < -0.3 is 4.74 Å². The van der Waals surface area contributed by atoms with Gasteiger partial charge in [-0.25, -0.2) is 9.82 Å². The number of hydrogen-bond donors (Lipinski definition) is 1. The van der Waals surface area contributed by atoms with Gasteiger partial charge in [0.15, 0.2) is 6.61 Å². The first-order valence-electron chi connectivity index (χ1n) is 7.29. The minimum atomic E-state index is -0.404. The number of nitrogens with one attached hydrogen (secondary N) is 1. The van der Waals surface area contributed by atoms with Gasteiger partial charge in [-0.2, -0.15) is 5.10 Å². The second kappa shape index (κ2) is 7.68. The number of benzene rings is 2. The SMILES string of the molecule is O=C(COc1ccccc1Cl)N/N=C1/CCSc2ccc(F)cc21. The zero-order valence-electron chi connectivity index (χ0n) is 12.6. The molecule has 1 N–H and O–H groups in total. The van der Waals surface area contributed by atoms with Crippen LogP contribution in [0.3, 0.4) is 0 Å². The number of amides is 1. The van der Waals surface area contributed by atoms with E-state index in [4.69, 9.17) is 16.3 Å². The molecule has 0 aliphatic carbocycles. The Morgan fingerprint density at radius 3 is 3.00 bits per heavy atom. The molecule has 3 rings (SSSR count). The van der Waals surface area contributed by atoms with Crippen LogP contribution in [0.15, 0.2) is 52.5 Å². The molecule has 1 aliphatic rings. The molecule has 0 aromatic heterocycles. The molecule has 0 saturated heterocycles. The average molecular weight is 365 g/mol. The van der Waals surface area contributed by atoms with E-state index in [9.17, 15) is 9.18 Å². The largest absolute Gasteiger partial charge is 0.482 e. The highest BCUT2D eigenvalue weighted by Crippen LogP contribution is 2.30. The molecule has 7 heteroatoms. The second-order valence-electron chi connectivity index (χ2n) is 5.05. The third-order valence-corrected chi connectivity index (χ3v) is 4.75. The molecule has 1 aliphatic heterocycles. The number of carbonyl (C=O) groups is 1. The monoisotopic (exact) mass is 364 g/mol. The molecule has 0 saturated carbocycles. The molecule has 0 bridgehead atoms. The van der Waals surface area contributed by atoms with Gasteiger partial charge in [-0.15, -0.1) is 11.8 Å². The Hall–Kier alpha value is -2.05. The second-order valence-corrected chi connectivity index (χ2v) is 6.60. The average Bonchev–Trinajstić information content (AvgIpc) is 2.59. The summed E-state index contributed by atoms with van der Waals surface area (Å²) in [5, 5.41) is 4.56. The molecule has 24 heavy (non-hydrogen) atoms. The van der Waals surface area contributed by atoms with Crippen LogP contribution in [0, 0.1) is 5.82 Å². The number of rotatable bonds is 4. The van der Waals surface area contributed by atoms with Gasteiger partial charge in [0.1, 0.15) is 11.6 Å². The summed E-state index contributed by atoms with van der Waals surface area (Å²) in [6, 6.07) is 11.5. The number of ether oxygens (including phenoxy) is 1. The Bertz CT molecular complexity index is 798. The van der Waals surface area contributed by atoms with Crippen LogP contribution in [-0.4, -0.2) is 24.0 Å². The minimum Gasteiger partial charge on any atom is -0.482 e. The van der Waals surface area contributed by atoms with Crippen molar-refractivity contribution in [3.63, 3.8) is 0 Å². The van der Waals surface area contributed by atoms with Crippen molar-refractivity contribution in [3.05, 3.63) is 58.9 Å². The molecule has 2 aromatic carbocycles. The van der Waals surface area contributed by atoms with Crippen molar-refractivity contribution < 1.29 is 13.9 Å². The van der Waals surface area contributed by atoms with Crippen molar-refractivity contribution in [2.45, 2.75) is 11.3 Å². The number of para-hydroxylation sites is 1. The molecule has 0 radical (unpaired) electrons. The lowest BCUT2D eigenvalue weighted by Gasteiger charge is -2.17. The highest BCUT2D eigenvalue weighted by molar-refractivity contribution is 7.99. The Kier molecular flexibility index (Phi) is 5.37. The lowest BCUT2D eigenvalue weighted by molar-refractivity contribution is -0.123. The van der Waals surface area contributed by atoms with E-state index in [0.29, 0.717) is 22.9 Å². The van der Waals surface area contributed by atoms with Crippen molar-refractivity contribution in [1.82, 2.24) is 5.43 Å². The summed E-state index contributed by atoms with van der Waals surface area (Å²) in [6.07, 6.45) is 0.659. The van der Waals surface area contributed by atoms with E-state index in [-0.39, 0.29) is 12.4 Å². The van der Waals surface area contributed by atoms with Gasteiger partial charge in [0.05, 0.1) is 10.7 Å². The predicted octanol–water partition coefficient (Wildman–Crippen LogP) is 3.87. The molecule has 0 spiro atoms. The molecule has 0 atom stereocenters. The zero-order valence-corrected chi connectivity index (χ0v) is 14.2. The lowest BCUT2D eigenvalue weighted by atomic mass is 10.1. The van der Waals surface area contributed by atoms with Crippen LogP contribution in [0.1, 0.15) is 12.0 Å². The molecule has 124 valence electrons. The van der Waals surface area contributed by atoms with E-state index in [2.05, 4.69) is 10.5 Å². The molecule has 0 fully saturated rings. The standard InChI is InChI=1S/C17H14ClFN2O2S/c18-13-3-1-2-4-15(13)23-10-17(22)21-20-14-7-8-24-16-6-5-11(19)9-12(14)16/h1-6,9H,7-8,10H2,(H,21,22)/b20-14-. The van der Waals surface area contributed by atoms with Crippen molar-refractivity contribution in [2.24, 2.45) is 5.10 Å². The van der Waals surface area contributed by atoms with E-state index < -0.39 is 5.91 Å². The van der Waals surface area contributed by atoms with Crippen molar-refractivity contribution in [2.75, 3.05) is 12.4 Å². The maximum atomic E-state index is 13.4. The van der Waals surface area contributed by atoms with Crippen molar-refractivity contribution in [3.8, 4) is 5.75 Å². The summed E-state index contributed by atoms with van der Waals surface area (Å²) < 4.78 is 18.8. The molecular formula is C17H14ClFN2O2S. The number of hydrogen-bond acceptors (Lipinski definition) is 4. The highest BCUT2D eigenvalue weighted by atomic mass is 35.5. The predicted molar refractivity (Wildman–Crippen MR) is 93.4 cm³/mol. The Labute approximate surface area is 148 Å². The Morgan fingerprint density at radius 2 is 2.17 bits per heavy atom. The fourth-order valence-corrected chi connectivity index (χ4v) is 3.43. The van der Waals surface area contributed by atoms with Gasteiger partial charge in [0, 0.05) is 22.6 Å². The number of halogens is 2. The van der Waals surface area contributed by atoms with Crippen LogP contribution >= 0.6 is 23.4 Å². The van der Waals surface area contributed by atoms with Gasteiger partial charge >= 0.3 is 0 Å². The number of hydrazone groups is 1. The number of thioether (sulfide) groups is 1. The molecule has 1 heterocycles. The van der Waals surface area contributed by atoms with Gasteiger partial charge in [0.25, 0.3) is 5.91 Å². The van der Waals surface area contributed by atoms with Gasteiger partial charge in [0.2, 0.25) is 0 Å². The summed E-state index contributed by atoms with van der Waals surface area (Å²) in [5.74, 6) is 0.545. The van der Waals surface area contributed by atoms with Gasteiger partial charge in [-0.05, 0) is 30.3 Å². The maximum Gasteiger partial charge on any atom is 0.277 e. The van der Waals surface area contributed by atoms with E-state index in [1.54, 1.807) is 42.1 Å². The zero-order chi connectivity index (χ0) is 16.9. The smallest absolute Gasteiger partial charge is 0.277 e.